The summed E-state index contributed by atoms with van der Waals surface area (Å²) < 4.78 is 13.6. The van der Waals surface area contributed by atoms with Gasteiger partial charge in [0.05, 0.1) is 6.10 Å². The van der Waals surface area contributed by atoms with Crippen molar-refractivity contribution < 1.29 is 14.6 Å². The molecule has 144 valence electrons. The number of halogens is 1. The van der Waals surface area contributed by atoms with Gasteiger partial charge in [-0.1, -0.05) is 47.1 Å². The second kappa shape index (κ2) is 8.26. The Kier molecular flexibility index (Phi) is 6.51. The summed E-state index contributed by atoms with van der Waals surface area (Å²) in [5.74, 6) is -0.286. The molecule has 26 heavy (non-hydrogen) atoms. The maximum atomic E-state index is 13.6. The summed E-state index contributed by atoms with van der Waals surface area (Å²) in [6, 6.07) is 4.18. The van der Waals surface area contributed by atoms with E-state index in [2.05, 4.69) is 39.9 Å². The van der Waals surface area contributed by atoms with Crippen LogP contribution in [0.4, 0.5) is 4.39 Å². The van der Waals surface area contributed by atoms with Gasteiger partial charge in [0.15, 0.2) is 0 Å². The van der Waals surface area contributed by atoms with E-state index in [0.717, 1.165) is 35.9 Å². The lowest BCUT2D eigenvalue weighted by molar-refractivity contribution is 0.219. The molecule has 0 saturated carbocycles. The summed E-state index contributed by atoms with van der Waals surface area (Å²) in [5, 5.41) is 24.7. The van der Waals surface area contributed by atoms with Crippen LogP contribution in [0.1, 0.15) is 65.9 Å². The van der Waals surface area contributed by atoms with Crippen LogP contribution < -0.4 is 5.32 Å². The molecular formula is C22H32FNO2. The van der Waals surface area contributed by atoms with Crippen molar-refractivity contribution in [2.45, 2.75) is 66.4 Å². The third-order valence-electron chi connectivity index (χ3n) is 5.01. The van der Waals surface area contributed by atoms with E-state index in [1.807, 2.05) is 0 Å². The van der Waals surface area contributed by atoms with Crippen LogP contribution in [0.3, 0.4) is 0 Å². The van der Waals surface area contributed by atoms with Crippen molar-refractivity contribution in [2.24, 2.45) is 11.8 Å². The number of hydrogen-bond donors (Lipinski definition) is 3. The van der Waals surface area contributed by atoms with E-state index >= 15 is 0 Å². The molecule has 2 atom stereocenters. The van der Waals surface area contributed by atoms with Crippen molar-refractivity contribution in [3.05, 3.63) is 52.1 Å². The first kappa shape index (κ1) is 20.5. The molecule has 0 fully saturated rings. The molecule has 3 nitrogen and oxygen atoms in total. The molecule has 4 heteroatoms. The molecule has 0 aliphatic carbocycles. The Hall–Kier alpha value is -1.81. The Balaban J connectivity index is 2.79. The first-order chi connectivity index (χ1) is 12.2. The number of aromatic hydroxyl groups is 1. The molecule has 0 spiro atoms. The number of allylic oxidation sites excluding steroid dienone is 3. The van der Waals surface area contributed by atoms with Gasteiger partial charge in [0.1, 0.15) is 11.6 Å². The normalized spacial score (nSPS) is 19.4. The number of benzene rings is 1. The molecule has 1 aromatic rings. The molecule has 0 unspecified atom stereocenters. The van der Waals surface area contributed by atoms with Gasteiger partial charge >= 0.3 is 0 Å². The quantitative estimate of drug-likeness (QED) is 0.651. The summed E-state index contributed by atoms with van der Waals surface area (Å²) in [4.78, 5) is 0. The van der Waals surface area contributed by atoms with Crippen LogP contribution in [0.2, 0.25) is 0 Å². The van der Waals surface area contributed by atoms with Crippen LogP contribution in [0.15, 0.2) is 40.7 Å². The van der Waals surface area contributed by atoms with Gasteiger partial charge in [-0.3, -0.25) is 0 Å². The second-order valence-electron chi connectivity index (χ2n) is 7.80. The van der Waals surface area contributed by atoms with Crippen LogP contribution in [-0.4, -0.2) is 16.3 Å². The average molecular weight is 362 g/mol. The highest BCUT2D eigenvalue weighted by atomic mass is 19.1. The van der Waals surface area contributed by atoms with Gasteiger partial charge < -0.3 is 15.5 Å². The van der Waals surface area contributed by atoms with Crippen LogP contribution in [0.25, 0.3) is 0 Å². The maximum Gasteiger partial charge on any atom is 0.126 e. The summed E-state index contributed by atoms with van der Waals surface area (Å²) >= 11 is 0. The molecule has 0 amide bonds. The Labute approximate surface area is 156 Å². The molecule has 0 radical (unpaired) electrons. The predicted octanol–water partition coefficient (Wildman–Crippen LogP) is 5.22. The molecule has 1 heterocycles. The number of phenolic OH excluding ortho intramolecular Hbond substituents is 1. The molecule has 0 bridgehead atoms. The molecule has 1 aromatic carbocycles. The van der Waals surface area contributed by atoms with E-state index in [1.165, 1.54) is 11.6 Å². The maximum absolute atomic E-state index is 13.6. The Morgan fingerprint density at radius 2 is 1.69 bits per heavy atom. The highest BCUT2D eigenvalue weighted by molar-refractivity contribution is 5.52. The molecular weight excluding hydrogens is 329 g/mol. The van der Waals surface area contributed by atoms with Gasteiger partial charge in [-0.05, 0) is 42.4 Å². The van der Waals surface area contributed by atoms with E-state index in [-0.39, 0.29) is 23.5 Å². The minimum Gasteiger partial charge on any atom is -0.508 e. The summed E-state index contributed by atoms with van der Waals surface area (Å²) in [6.45, 7) is 12.4. The fourth-order valence-corrected chi connectivity index (χ4v) is 3.92. The number of aliphatic hydroxyl groups is 1. The Morgan fingerprint density at radius 1 is 1.08 bits per heavy atom. The van der Waals surface area contributed by atoms with E-state index in [9.17, 15) is 14.6 Å². The highest BCUT2D eigenvalue weighted by Crippen LogP contribution is 2.46. The summed E-state index contributed by atoms with van der Waals surface area (Å²) in [6.07, 6.45) is 1.13. The van der Waals surface area contributed by atoms with Crippen LogP contribution in [0, 0.1) is 17.7 Å². The van der Waals surface area contributed by atoms with E-state index in [4.69, 9.17) is 0 Å². The first-order valence-corrected chi connectivity index (χ1v) is 9.59. The van der Waals surface area contributed by atoms with Crippen molar-refractivity contribution in [1.82, 2.24) is 5.32 Å². The molecule has 0 aromatic heterocycles. The minimum atomic E-state index is -0.671. The van der Waals surface area contributed by atoms with Crippen LogP contribution in [-0.2, 0) is 0 Å². The third kappa shape index (κ3) is 3.96. The summed E-state index contributed by atoms with van der Waals surface area (Å²) in [7, 11) is 0. The predicted molar refractivity (Wildman–Crippen MR) is 104 cm³/mol. The minimum absolute atomic E-state index is 0.0603. The fraction of sp³-hybridized carbons (Fsp3) is 0.545. The summed E-state index contributed by atoms with van der Waals surface area (Å²) in [5.41, 5.74) is 4.84. The number of dihydropyridines is 1. The van der Waals surface area contributed by atoms with Crippen molar-refractivity contribution in [3.63, 3.8) is 0 Å². The lowest BCUT2D eigenvalue weighted by atomic mass is 9.74. The Bertz CT molecular complexity index is 717. The fourth-order valence-electron chi connectivity index (χ4n) is 3.92. The first-order valence-electron chi connectivity index (χ1n) is 9.59. The lowest BCUT2D eigenvalue weighted by Gasteiger charge is -2.39. The largest absolute Gasteiger partial charge is 0.508 e. The van der Waals surface area contributed by atoms with E-state index in [0.29, 0.717) is 5.56 Å². The number of nitrogens with one attached hydrogen (secondary N) is 1. The monoisotopic (exact) mass is 361 g/mol. The van der Waals surface area contributed by atoms with Crippen molar-refractivity contribution in [2.75, 3.05) is 0 Å². The SMILES string of the molecule is CCCC1=C(C(C)C)NC(C(C)C)=C([C@@H](C)O)[C@@H]1c1ccc(F)cc1O. The third-order valence-corrected chi connectivity index (χ3v) is 5.01. The molecule has 1 aliphatic rings. The van der Waals surface area contributed by atoms with Gasteiger partial charge in [0.2, 0.25) is 0 Å². The number of hydrogen-bond acceptors (Lipinski definition) is 3. The smallest absolute Gasteiger partial charge is 0.126 e. The van der Waals surface area contributed by atoms with Gasteiger partial charge in [0.25, 0.3) is 0 Å². The standard InChI is InChI=1S/C22H32FNO2/c1-7-8-17-20(16-10-9-15(23)11-18(16)26)19(14(6)25)22(13(4)5)24-21(17)12(2)3/h9-14,20,24-26H,7-8H2,1-6H3/t14-,20-/m1/s1. The Morgan fingerprint density at radius 3 is 2.15 bits per heavy atom. The van der Waals surface area contributed by atoms with Crippen molar-refractivity contribution in [3.8, 4) is 5.75 Å². The van der Waals surface area contributed by atoms with Gasteiger partial charge in [-0.25, -0.2) is 4.39 Å². The topological polar surface area (TPSA) is 52.5 Å². The van der Waals surface area contributed by atoms with Crippen molar-refractivity contribution in [1.29, 1.82) is 0 Å². The van der Waals surface area contributed by atoms with Crippen LogP contribution >= 0.6 is 0 Å². The number of aliphatic hydroxyl groups excluding tert-OH is 1. The molecule has 0 saturated heterocycles. The highest BCUT2D eigenvalue weighted by Gasteiger charge is 2.35. The van der Waals surface area contributed by atoms with E-state index in [1.54, 1.807) is 13.0 Å². The second-order valence-corrected chi connectivity index (χ2v) is 7.80. The van der Waals surface area contributed by atoms with Crippen LogP contribution in [0.5, 0.6) is 5.75 Å². The van der Waals surface area contributed by atoms with Crippen molar-refractivity contribution >= 4 is 0 Å². The lowest BCUT2D eigenvalue weighted by Crippen LogP contribution is -2.34. The van der Waals surface area contributed by atoms with Gasteiger partial charge in [-0.15, -0.1) is 0 Å². The zero-order valence-corrected chi connectivity index (χ0v) is 16.7. The number of rotatable bonds is 6. The zero-order chi connectivity index (χ0) is 19.6. The number of phenols is 1. The average Bonchev–Trinajstić information content (AvgIpc) is 2.54. The molecule has 3 N–H and O–H groups in total. The zero-order valence-electron chi connectivity index (χ0n) is 16.7. The molecule has 1 aliphatic heterocycles. The molecule has 2 rings (SSSR count). The van der Waals surface area contributed by atoms with Gasteiger partial charge in [0, 0.05) is 28.9 Å². The van der Waals surface area contributed by atoms with E-state index < -0.39 is 11.9 Å². The van der Waals surface area contributed by atoms with Gasteiger partial charge in [-0.2, -0.15) is 0 Å².